The molecule has 0 fully saturated rings. The molecule has 0 aromatic carbocycles. The third-order valence-electron chi connectivity index (χ3n) is 3.57. The molecule has 0 aliphatic heterocycles. The first-order valence-electron chi connectivity index (χ1n) is 8.79. The van der Waals surface area contributed by atoms with Crippen LogP contribution in [0.5, 0.6) is 0 Å². The van der Waals surface area contributed by atoms with Crippen molar-refractivity contribution in [2.75, 3.05) is 19.3 Å². The summed E-state index contributed by atoms with van der Waals surface area (Å²) >= 11 is 0. The van der Waals surface area contributed by atoms with Crippen LogP contribution in [0, 0.1) is 0 Å². The fourth-order valence-corrected chi connectivity index (χ4v) is 3.36. The van der Waals surface area contributed by atoms with Gasteiger partial charge < -0.3 is 9.42 Å². The van der Waals surface area contributed by atoms with Gasteiger partial charge in [-0.1, -0.05) is 51.9 Å². The van der Waals surface area contributed by atoms with Gasteiger partial charge in [-0.2, -0.15) is 0 Å². The molecule has 0 heterocycles. The Balaban J connectivity index is 3.83. The predicted molar refractivity (Wildman–Crippen MR) is 92.1 cm³/mol. The van der Waals surface area contributed by atoms with Crippen molar-refractivity contribution < 1.29 is 28.8 Å². The minimum atomic E-state index is -3.98. The second-order valence-electron chi connectivity index (χ2n) is 5.92. The van der Waals surface area contributed by atoms with Crippen LogP contribution in [0.25, 0.3) is 0 Å². The van der Waals surface area contributed by atoms with Gasteiger partial charge in [-0.3, -0.25) is 19.4 Å². The fourth-order valence-electron chi connectivity index (χ4n) is 2.31. The number of carbonyl (C=O) groups excluding carboxylic acids is 2. The van der Waals surface area contributed by atoms with Crippen molar-refractivity contribution in [3.8, 4) is 0 Å². The summed E-state index contributed by atoms with van der Waals surface area (Å²) in [6.07, 6.45) is 7.44. The summed E-state index contributed by atoms with van der Waals surface area (Å²) < 4.78 is 16.0. The Morgan fingerprint density at radius 1 is 1.00 bits per heavy atom. The summed E-state index contributed by atoms with van der Waals surface area (Å²) in [5, 5.41) is 10.1. The Hall–Kier alpha value is -0.750. The average molecular weight is 365 g/mol. The van der Waals surface area contributed by atoms with Crippen molar-refractivity contribution in [1.29, 1.82) is 0 Å². The highest BCUT2D eigenvalue weighted by atomic mass is 31.2. The average Bonchev–Trinajstić information content (AvgIpc) is 2.48. The molecule has 2 N–H and O–H groups in total. The van der Waals surface area contributed by atoms with E-state index in [0.717, 1.165) is 19.3 Å². The summed E-state index contributed by atoms with van der Waals surface area (Å²) in [5.74, 6) is -1.46. The van der Waals surface area contributed by atoms with E-state index in [1.807, 2.05) is 0 Å². The van der Waals surface area contributed by atoms with Gasteiger partial charge in [0.05, 0.1) is 13.0 Å². The van der Waals surface area contributed by atoms with Crippen molar-refractivity contribution in [2.45, 2.75) is 71.6 Å². The smallest absolute Gasteiger partial charge is 0.324 e. The topological polar surface area (TPSA) is 104 Å². The number of rotatable bonds is 15. The maximum Gasteiger partial charge on any atom is 0.335 e. The number of Topliss-reactive ketones (excluding diaryl/α,β-unsaturated/α-hetero) is 1. The third-order valence-corrected chi connectivity index (χ3v) is 4.98. The molecule has 142 valence electrons. The summed E-state index contributed by atoms with van der Waals surface area (Å²) in [5.41, 5.74) is 0. The van der Waals surface area contributed by atoms with E-state index < -0.39 is 31.9 Å². The van der Waals surface area contributed by atoms with E-state index in [1.165, 1.54) is 32.6 Å². The largest absolute Gasteiger partial charge is 0.335 e. The van der Waals surface area contributed by atoms with Gasteiger partial charge in [0, 0.05) is 6.54 Å². The van der Waals surface area contributed by atoms with Crippen LogP contribution in [0.1, 0.15) is 71.6 Å². The number of unbranched alkanes of at least 4 members (excludes halogenated alkanes) is 7. The first kappa shape index (κ1) is 23.2. The number of hydroxylamine groups is 2. The highest BCUT2D eigenvalue weighted by Crippen LogP contribution is 2.41. The van der Waals surface area contributed by atoms with E-state index in [-0.39, 0.29) is 13.2 Å². The van der Waals surface area contributed by atoms with Crippen molar-refractivity contribution in [1.82, 2.24) is 5.06 Å². The van der Waals surface area contributed by atoms with Crippen molar-refractivity contribution >= 4 is 19.3 Å². The number of carbonyl (C=O) groups is 2. The van der Waals surface area contributed by atoms with Crippen LogP contribution in [0.2, 0.25) is 0 Å². The fraction of sp³-hybridized carbons (Fsp3) is 0.875. The lowest BCUT2D eigenvalue weighted by atomic mass is 10.1. The molecule has 0 aliphatic carbocycles. The number of nitrogens with zero attached hydrogens (tertiary/aromatic N) is 1. The molecule has 1 amide bonds. The minimum Gasteiger partial charge on any atom is -0.324 e. The highest BCUT2D eigenvalue weighted by molar-refractivity contribution is 7.53. The van der Waals surface area contributed by atoms with Crippen LogP contribution >= 0.6 is 7.60 Å². The standard InChI is InChI=1S/C16H32NO6P/c1-3-5-6-7-8-9-10-11-12-17(20)16(19)13-15(18)14-24(21,22)23-4-2/h20H,3-14H2,1-2H3,(H,21,22). The molecule has 0 bridgehead atoms. The normalized spacial score (nSPS) is 13.5. The lowest BCUT2D eigenvalue weighted by molar-refractivity contribution is -0.166. The first-order valence-corrected chi connectivity index (χ1v) is 10.6. The van der Waals surface area contributed by atoms with E-state index in [9.17, 15) is 24.3 Å². The number of amides is 1. The number of hydrogen-bond donors (Lipinski definition) is 2. The van der Waals surface area contributed by atoms with E-state index in [1.54, 1.807) is 0 Å². The van der Waals surface area contributed by atoms with Crippen molar-refractivity contribution in [3.63, 3.8) is 0 Å². The zero-order valence-electron chi connectivity index (χ0n) is 14.9. The molecule has 8 heteroatoms. The Bertz CT molecular complexity index is 415. The van der Waals surface area contributed by atoms with Crippen LogP contribution in [0.4, 0.5) is 0 Å². The second kappa shape index (κ2) is 13.5. The predicted octanol–water partition coefficient (Wildman–Crippen LogP) is 3.53. The van der Waals surface area contributed by atoms with Crippen LogP contribution < -0.4 is 0 Å². The lowest BCUT2D eigenvalue weighted by Crippen LogP contribution is -2.30. The van der Waals surface area contributed by atoms with Crippen LogP contribution in [0.15, 0.2) is 0 Å². The van der Waals surface area contributed by atoms with Crippen molar-refractivity contribution in [2.24, 2.45) is 0 Å². The van der Waals surface area contributed by atoms with Gasteiger partial charge >= 0.3 is 7.60 Å². The Morgan fingerprint density at radius 2 is 1.54 bits per heavy atom. The quantitative estimate of drug-likeness (QED) is 0.151. The monoisotopic (exact) mass is 365 g/mol. The lowest BCUT2D eigenvalue weighted by Gasteiger charge is -2.15. The molecule has 0 aromatic heterocycles. The Morgan fingerprint density at radius 3 is 2.08 bits per heavy atom. The molecule has 24 heavy (non-hydrogen) atoms. The second-order valence-corrected chi connectivity index (χ2v) is 7.77. The summed E-state index contributed by atoms with van der Waals surface area (Å²) in [6.45, 7) is 3.90. The zero-order valence-corrected chi connectivity index (χ0v) is 15.8. The maximum absolute atomic E-state index is 11.7. The molecule has 0 rings (SSSR count). The Kier molecular flexibility index (Phi) is 13.1. The summed E-state index contributed by atoms with van der Waals surface area (Å²) in [4.78, 5) is 32.6. The van der Waals surface area contributed by atoms with Crippen LogP contribution in [-0.4, -0.2) is 46.2 Å². The third kappa shape index (κ3) is 12.6. The van der Waals surface area contributed by atoms with Gasteiger partial charge in [0.1, 0.15) is 6.16 Å². The van der Waals surface area contributed by atoms with Crippen LogP contribution in [0.3, 0.4) is 0 Å². The van der Waals surface area contributed by atoms with Gasteiger partial charge in [0.25, 0.3) is 5.91 Å². The van der Waals surface area contributed by atoms with Gasteiger partial charge in [0.2, 0.25) is 0 Å². The molecule has 0 spiro atoms. The van der Waals surface area contributed by atoms with Crippen molar-refractivity contribution in [3.05, 3.63) is 0 Å². The Labute approximate surface area is 144 Å². The maximum atomic E-state index is 11.7. The number of hydrogen-bond acceptors (Lipinski definition) is 5. The SMILES string of the molecule is CCCCCCCCCCN(O)C(=O)CC(=O)CP(=O)(O)OCC. The van der Waals surface area contributed by atoms with Crippen LogP contribution in [-0.2, 0) is 18.7 Å². The molecule has 0 saturated heterocycles. The molecular formula is C16H32NO6P. The van der Waals surface area contributed by atoms with Gasteiger partial charge in [-0.25, -0.2) is 5.06 Å². The molecule has 0 aromatic rings. The summed E-state index contributed by atoms with van der Waals surface area (Å²) in [7, 11) is -3.98. The molecule has 0 aliphatic rings. The molecule has 1 unspecified atom stereocenters. The molecular weight excluding hydrogens is 333 g/mol. The first-order chi connectivity index (χ1) is 11.3. The van der Waals surface area contributed by atoms with Gasteiger partial charge in [-0.05, 0) is 13.3 Å². The summed E-state index contributed by atoms with van der Waals surface area (Å²) in [6, 6.07) is 0. The van der Waals surface area contributed by atoms with E-state index in [0.29, 0.717) is 11.5 Å². The van der Waals surface area contributed by atoms with Gasteiger partial charge in [0.15, 0.2) is 5.78 Å². The number of ketones is 1. The highest BCUT2D eigenvalue weighted by Gasteiger charge is 2.25. The molecule has 0 saturated carbocycles. The zero-order chi connectivity index (χ0) is 18.4. The van der Waals surface area contributed by atoms with E-state index in [4.69, 9.17) is 0 Å². The van der Waals surface area contributed by atoms with Gasteiger partial charge in [-0.15, -0.1) is 0 Å². The molecule has 1 atom stereocenters. The minimum absolute atomic E-state index is 0.0135. The molecule has 0 radical (unpaired) electrons. The van der Waals surface area contributed by atoms with E-state index in [2.05, 4.69) is 11.4 Å². The van der Waals surface area contributed by atoms with E-state index >= 15 is 0 Å². The molecule has 7 nitrogen and oxygen atoms in total.